The van der Waals surface area contributed by atoms with Crippen LogP contribution in [0.3, 0.4) is 0 Å². The first-order valence-electron chi connectivity index (χ1n) is 8.92. The Hall–Kier alpha value is -1.74. The topological polar surface area (TPSA) is 34.1 Å². The van der Waals surface area contributed by atoms with Crippen molar-refractivity contribution in [3.63, 3.8) is 0 Å². The summed E-state index contributed by atoms with van der Waals surface area (Å²) in [5, 5.41) is 0. The second-order valence-electron chi connectivity index (χ2n) is 6.97. The molecule has 1 fully saturated rings. The number of carbonyl (C=O) groups is 2. The van der Waals surface area contributed by atoms with E-state index in [0.717, 1.165) is 29.3 Å². The maximum atomic E-state index is 12.9. The molecule has 130 valence electrons. The molecule has 0 bridgehead atoms. The quantitative estimate of drug-likeness (QED) is 0.589. The number of hydrogen-bond acceptors (Lipinski definition) is 2. The molecule has 0 aliphatic heterocycles. The fourth-order valence-electron chi connectivity index (χ4n) is 3.72. The molecule has 0 spiro atoms. The Labute approximate surface area is 157 Å². The maximum absolute atomic E-state index is 12.9. The van der Waals surface area contributed by atoms with E-state index in [0.29, 0.717) is 24.2 Å². The number of rotatable bonds is 5. The average molecular weight is 399 g/mol. The molecule has 1 aliphatic carbocycles. The summed E-state index contributed by atoms with van der Waals surface area (Å²) in [7, 11) is 0. The number of ketones is 2. The minimum absolute atomic E-state index is 0.0279. The summed E-state index contributed by atoms with van der Waals surface area (Å²) >= 11 is 3.43. The van der Waals surface area contributed by atoms with Crippen LogP contribution in [0.2, 0.25) is 0 Å². The van der Waals surface area contributed by atoms with Crippen LogP contribution in [-0.2, 0) is 4.79 Å². The third-order valence-electron chi connectivity index (χ3n) is 5.14. The van der Waals surface area contributed by atoms with Gasteiger partial charge in [-0.1, -0.05) is 64.3 Å². The van der Waals surface area contributed by atoms with Crippen LogP contribution in [0.5, 0.6) is 0 Å². The first-order valence-corrected chi connectivity index (χ1v) is 9.72. The molecule has 0 heterocycles. The summed E-state index contributed by atoms with van der Waals surface area (Å²) < 4.78 is 0.902. The van der Waals surface area contributed by atoms with Crippen LogP contribution < -0.4 is 0 Å². The molecule has 25 heavy (non-hydrogen) atoms. The predicted octanol–water partition coefficient (Wildman–Crippen LogP) is 5.87. The highest BCUT2D eigenvalue weighted by Gasteiger charge is 2.32. The maximum Gasteiger partial charge on any atom is 0.163 e. The summed E-state index contributed by atoms with van der Waals surface area (Å²) in [4.78, 5) is 25.4. The highest BCUT2D eigenvalue weighted by molar-refractivity contribution is 9.10. The monoisotopic (exact) mass is 398 g/mol. The minimum atomic E-state index is -0.0347. The van der Waals surface area contributed by atoms with Crippen LogP contribution in [0.1, 0.15) is 59.5 Å². The lowest BCUT2D eigenvalue weighted by Gasteiger charge is -2.29. The van der Waals surface area contributed by atoms with Crippen molar-refractivity contribution in [2.45, 2.75) is 44.9 Å². The van der Waals surface area contributed by atoms with Gasteiger partial charge in [-0.15, -0.1) is 0 Å². The van der Waals surface area contributed by atoms with E-state index >= 15 is 0 Å². The first-order chi connectivity index (χ1) is 12.0. The highest BCUT2D eigenvalue weighted by atomic mass is 79.9. The minimum Gasteiger partial charge on any atom is -0.299 e. The molecular formula is C22H23BrO2. The molecule has 0 N–H and O–H groups in total. The van der Waals surface area contributed by atoms with Gasteiger partial charge < -0.3 is 0 Å². The SMILES string of the molecule is Cc1ccc(C(CC(=O)c2cccc(Br)c2)C2CCCCC2=O)cc1. The van der Waals surface area contributed by atoms with Crippen LogP contribution >= 0.6 is 15.9 Å². The molecule has 2 atom stereocenters. The van der Waals surface area contributed by atoms with Crippen molar-refractivity contribution in [3.05, 3.63) is 69.7 Å². The number of hydrogen-bond donors (Lipinski definition) is 0. The molecule has 0 radical (unpaired) electrons. The van der Waals surface area contributed by atoms with Crippen molar-refractivity contribution in [1.29, 1.82) is 0 Å². The van der Waals surface area contributed by atoms with Gasteiger partial charge in [-0.05, 0) is 37.5 Å². The summed E-state index contributed by atoms with van der Waals surface area (Å²) in [6.45, 7) is 2.05. The molecule has 1 saturated carbocycles. The summed E-state index contributed by atoms with van der Waals surface area (Å²) in [6, 6.07) is 15.8. The third kappa shape index (κ3) is 4.46. The molecule has 3 heteroatoms. The number of benzene rings is 2. The number of carbonyl (C=O) groups excluding carboxylic acids is 2. The fourth-order valence-corrected chi connectivity index (χ4v) is 4.12. The van der Waals surface area contributed by atoms with Gasteiger partial charge in [0, 0.05) is 34.7 Å². The van der Waals surface area contributed by atoms with Crippen molar-refractivity contribution < 1.29 is 9.59 Å². The zero-order valence-electron chi connectivity index (χ0n) is 14.5. The Balaban J connectivity index is 1.89. The van der Waals surface area contributed by atoms with Crippen LogP contribution in [0.15, 0.2) is 53.0 Å². The molecular weight excluding hydrogens is 376 g/mol. The van der Waals surface area contributed by atoms with Gasteiger partial charge in [-0.3, -0.25) is 9.59 Å². The molecule has 0 aromatic heterocycles. The van der Waals surface area contributed by atoms with E-state index in [1.807, 2.05) is 24.3 Å². The Bertz CT molecular complexity index is 764. The van der Waals surface area contributed by atoms with E-state index in [-0.39, 0.29) is 17.6 Å². The van der Waals surface area contributed by atoms with Crippen LogP contribution in [0.4, 0.5) is 0 Å². The molecule has 2 aromatic rings. The smallest absolute Gasteiger partial charge is 0.163 e. The fraction of sp³-hybridized carbons (Fsp3) is 0.364. The van der Waals surface area contributed by atoms with Crippen molar-refractivity contribution in [2.24, 2.45) is 5.92 Å². The van der Waals surface area contributed by atoms with Gasteiger partial charge in [-0.2, -0.15) is 0 Å². The average Bonchev–Trinajstić information content (AvgIpc) is 2.61. The largest absolute Gasteiger partial charge is 0.299 e. The predicted molar refractivity (Wildman–Crippen MR) is 104 cm³/mol. The van der Waals surface area contributed by atoms with Crippen LogP contribution in [0, 0.1) is 12.8 Å². The van der Waals surface area contributed by atoms with Crippen molar-refractivity contribution >= 4 is 27.5 Å². The van der Waals surface area contributed by atoms with Gasteiger partial charge in [-0.25, -0.2) is 0 Å². The summed E-state index contributed by atoms with van der Waals surface area (Å²) in [5.41, 5.74) is 3.00. The second-order valence-corrected chi connectivity index (χ2v) is 7.89. The van der Waals surface area contributed by atoms with Gasteiger partial charge in [0.1, 0.15) is 5.78 Å². The van der Waals surface area contributed by atoms with Crippen LogP contribution in [-0.4, -0.2) is 11.6 Å². The lowest BCUT2D eigenvalue weighted by molar-refractivity contribution is -0.125. The van der Waals surface area contributed by atoms with Crippen LogP contribution in [0.25, 0.3) is 0 Å². The molecule has 2 aromatic carbocycles. The zero-order chi connectivity index (χ0) is 17.8. The van der Waals surface area contributed by atoms with Gasteiger partial charge in [0.15, 0.2) is 5.78 Å². The Morgan fingerprint density at radius 3 is 2.60 bits per heavy atom. The number of halogens is 1. The van der Waals surface area contributed by atoms with E-state index in [1.54, 1.807) is 0 Å². The molecule has 0 saturated heterocycles. The van der Waals surface area contributed by atoms with E-state index in [9.17, 15) is 9.59 Å². The standard InChI is InChI=1S/C22H23BrO2/c1-15-9-11-16(12-10-15)20(19-7-2-3-8-21(19)24)14-22(25)17-5-4-6-18(23)13-17/h4-6,9-13,19-20H,2-3,7-8,14H2,1H3. The van der Waals surface area contributed by atoms with E-state index in [2.05, 4.69) is 47.1 Å². The number of Topliss-reactive ketones (excluding diaryl/α,β-unsaturated/α-hetero) is 2. The Kier molecular flexibility index (Phi) is 5.85. The molecule has 3 rings (SSSR count). The molecule has 0 amide bonds. The number of aryl methyl sites for hydroxylation is 1. The van der Waals surface area contributed by atoms with Crippen molar-refractivity contribution in [3.8, 4) is 0 Å². The van der Waals surface area contributed by atoms with E-state index < -0.39 is 0 Å². The van der Waals surface area contributed by atoms with Crippen molar-refractivity contribution in [1.82, 2.24) is 0 Å². The van der Waals surface area contributed by atoms with E-state index in [1.165, 1.54) is 5.56 Å². The second kappa shape index (κ2) is 8.09. The Morgan fingerprint density at radius 1 is 1.16 bits per heavy atom. The lowest BCUT2D eigenvalue weighted by atomic mass is 9.73. The first kappa shape index (κ1) is 18.1. The van der Waals surface area contributed by atoms with Crippen molar-refractivity contribution in [2.75, 3.05) is 0 Å². The molecule has 1 aliphatic rings. The Morgan fingerprint density at radius 2 is 1.92 bits per heavy atom. The molecule has 2 nitrogen and oxygen atoms in total. The highest BCUT2D eigenvalue weighted by Crippen LogP contribution is 2.37. The third-order valence-corrected chi connectivity index (χ3v) is 5.64. The normalized spacial score (nSPS) is 18.8. The molecule has 2 unspecified atom stereocenters. The van der Waals surface area contributed by atoms with Gasteiger partial charge in [0.25, 0.3) is 0 Å². The van der Waals surface area contributed by atoms with Gasteiger partial charge in [0.2, 0.25) is 0 Å². The van der Waals surface area contributed by atoms with E-state index in [4.69, 9.17) is 0 Å². The zero-order valence-corrected chi connectivity index (χ0v) is 16.1. The summed E-state index contributed by atoms with van der Waals surface area (Å²) in [6.07, 6.45) is 3.98. The lowest BCUT2D eigenvalue weighted by Crippen LogP contribution is -2.27. The summed E-state index contributed by atoms with van der Waals surface area (Å²) in [5.74, 6) is 0.358. The van der Waals surface area contributed by atoms with Gasteiger partial charge >= 0.3 is 0 Å². The van der Waals surface area contributed by atoms with Gasteiger partial charge in [0.05, 0.1) is 0 Å².